The summed E-state index contributed by atoms with van der Waals surface area (Å²) >= 11 is 5.90. The zero-order chi connectivity index (χ0) is 15.2. The molecular weight excluding hydrogens is 292 g/mol. The number of benzene rings is 1. The van der Waals surface area contributed by atoms with Crippen LogP contribution in [0.3, 0.4) is 0 Å². The fraction of sp³-hybridized carbons (Fsp3) is 0.133. The highest BCUT2D eigenvalue weighted by Gasteiger charge is 2.19. The van der Waals surface area contributed by atoms with Gasteiger partial charge in [-0.3, -0.25) is 14.6 Å². The Kier molecular flexibility index (Phi) is 4.90. The lowest BCUT2D eigenvalue weighted by Gasteiger charge is -2.21. The van der Waals surface area contributed by atoms with Crippen molar-refractivity contribution < 1.29 is 14.7 Å². The van der Waals surface area contributed by atoms with Crippen LogP contribution in [-0.4, -0.2) is 28.5 Å². The Hall–Kier alpha value is -2.40. The van der Waals surface area contributed by atoms with Crippen molar-refractivity contribution in [3.05, 3.63) is 59.4 Å². The number of nitrogens with zero attached hydrogens (tertiary/aromatic N) is 2. The van der Waals surface area contributed by atoms with Gasteiger partial charge in [-0.05, 0) is 35.9 Å². The Morgan fingerprint density at radius 3 is 2.52 bits per heavy atom. The molecule has 0 atom stereocenters. The maximum absolute atomic E-state index is 12.4. The van der Waals surface area contributed by atoms with Crippen LogP contribution in [0.1, 0.15) is 5.56 Å². The van der Waals surface area contributed by atoms with E-state index in [1.165, 1.54) is 4.90 Å². The van der Waals surface area contributed by atoms with Crippen molar-refractivity contribution in [3.63, 3.8) is 0 Å². The molecule has 1 aromatic carbocycles. The van der Waals surface area contributed by atoms with Crippen LogP contribution in [-0.2, 0) is 16.0 Å². The SMILES string of the molecule is O=C(O)CN(C(=O)Cc1ccncc1)c1cccc(Cl)c1. The number of rotatable bonds is 5. The molecular formula is C15H13ClN2O3. The number of carboxylic acid groups (broad SMARTS) is 1. The number of hydrogen-bond donors (Lipinski definition) is 1. The highest BCUT2D eigenvalue weighted by molar-refractivity contribution is 6.30. The van der Waals surface area contributed by atoms with Gasteiger partial charge in [0.1, 0.15) is 6.54 Å². The average Bonchev–Trinajstić information content (AvgIpc) is 2.45. The fourth-order valence-corrected chi connectivity index (χ4v) is 2.06. The molecule has 1 heterocycles. The zero-order valence-corrected chi connectivity index (χ0v) is 11.8. The van der Waals surface area contributed by atoms with Gasteiger partial charge in [0, 0.05) is 23.1 Å². The van der Waals surface area contributed by atoms with E-state index in [1.54, 1.807) is 48.8 Å². The molecule has 1 amide bonds. The van der Waals surface area contributed by atoms with Crippen molar-refractivity contribution in [1.82, 2.24) is 4.98 Å². The summed E-state index contributed by atoms with van der Waals surface area (Å²) in [5.74, 6) is -1.40. The van der Waals surface area contributed by atoms with Crippen LogP contribution in [0.5, 0.6) is 0 Å². The highest BCUT2D eigenvalue weighted by Crippen LogP contribution is 2.20. The summed E-state index contributed by atoms with van der Waals surface area (Å²) in [7, 11) is 0. The largest absolute Gasteiger partial charge is 0.480 e. The lowest BCUT2D eigenvalue weighted by atomic mass is 10.1. The van der Waals surface area contributed by atoms with Gasteiger partial charge in [0.15, 0.2) is 0 Å². The summed E-state index contributed by atoms with van der Waals surface area (Å²) in [5.41, 5.74) is 1.23. The van der Waals surface area contributed by atoms with Crippen LogP contribution in [0.2, 0.25) is 5.02 Å². The van der Waals surface area contributed by atoms with Gasteiger partial charge in [-0.2, -0.15) is 0 Å². The van der Waals surface area contributed by atoms with E-state index in [-0.39, 0.29) is 12.3 Å². The van der Waals surface area contributed by atoms with E-state index in [0.717, 1.165) is 5.56 Å². The van der Waals surface area contributed by atoms with Crippen LogP contribution in [0.4, 0.5) is 5.69 Å². The summed E-state index contributed by atoms with van der Waals surface area (Å²) in [6, 6.07) is 9.99. The molecule has 0 unspecified atom stereocenters. The van der Waals surface area contributed by atoms with Crippen molar-refractivity contribution in [2.75, 3.05) is 11.4 Å². The topological polar surface area (TPSA) is 70.5 Å². The Morgan fingerprint density at radius 1 is 1.19 bits per heavy atom. The van der Waals surface area contributed by atoms with Gasteiger partial charge in [0.05, 0.1) is 6.42 Å². The number of amides is 1. The van der Waals surface area contributed by atoms with Gasteiger partial charge >= 0.3 is 5.97 Å². The zero-order valence-electron chi connectivity index (χ0n) is 11.1. The molecule has 0 bridgehead atoms. The van der Waals surface area contributed by atoms with E-state index in [1.807, 2.05) is 0 Å². The first-order chi connectivity index (χ1) is 10.1. The monoisotopic (exact) mass is 304 g/mol. The van der Waals surface area contributed by atoms with Crippen molar-refractivity contribution in [2.45, 2.75) is 6.42 Å². The predicted molar refractivity (Wildman–Crippen MR) is 79.4 cm³/mol. The number of carbonyl (C=O) groups excluding carboxylic acids is 1. The second-order valence-corrected chi connectivity index (χ2v) is 4.82. The van der Waals surface area contributed by atoms with E-state index >= 15 is 0 Å². The van der Waals surface area contributed by atoms with Gasteiger partial charge in [0.25, 0.3) is 0 Å². The molecule has 0 saturated carbocycles. The normalized spacial score (nSPS) is 10.1. The number of halogens is 1. The third kappa shape index (κ3) is 4.29. The molecule has 1 N–H and O–H groups in total. The standard InChI is InChI=1S/C15H13ClN2O3/c16-12-2-1-3-13(9-12)18(10-15(20)21)14(19)8-11-4-6-17-7-5-11/h1-7,9H,8,10H2,(H,20,21). The highest BCUT2D eigenvalue weighted by atomic mass is 35.5. The van der Waals surface area contributed by atoms with Gasteiger partial charge in [-0.25, -0.2) is 0 Å². The minimum Gasteiger partial charge on any atom is -0.480 e. The lowest BCUT2D eigenvalue weighted by molar-refractivity contribution is -0.136. The predicted octanol–water partition coefficient (Wildman–Crippen LogP) is 2.40. The smallest absolute Gasteiger partial charge is 0.323 e. The van der Waals surface area contributed by atoms with Gasteiger partial charge in [-0.1, -0.05) is 17.7 Å². The van der Waals surface area contributed by atoms with E-state index in [2.05, 4.69) is 4.98 Å². The number of anilines is 1. The molecule has 0 saturated heterocycles. The number of aliphatic carboxylic acids is 1. The maximum atomic E-state index is 12.4. The molecule has 108 valence electrons. The molecule has 2 rings (SSSR count). The Balaban J connectivity index is 2.23. The summed E-state index contributed by atoms with van der Waals surface area (Å²) in [4.78, 5) is 28.4. The molecule has 5 nitrogen and oxygen atoms in total. The quantitative estimate of drug-likeness (QED) is 0.921. The van der Waals surface area contributed by atoms with Crippen LogP contribution in [0.15, 0.2) is 48.8 Å². The Bertz CT molecular complexity index is 646. The first kappa shape index (κ1) is 15.0. The molecule has 6 heteroatoms. The Morgan fingerprint density at radius 2 is 1.90 bits per heavy atom. The van der Waals surface area contributed by atoms with Crippen molar-refractivity contribution in [3.8, 4) is 0 Å². The maximum Gasteiger partial charge on any atom is 0.323 e. The minimum atomic E-state index is -1.09. The first-order valence-electron chi connectivity index (χ1n) is 6.23. The molecule has 0 spiro atoms. The molecule has 1 aromatic heterocycles. The van der Waals surface area contributed by atoms with E-state index in [0.29, 0.717) is 10.7 Å². The molecule has 21 heavy (non-hydrogen) atoms. The fourth-order valence-electron chi connectivity index (χ4n) is 1.87. The van der Waals surface area contributed by atoms with Crippen molar-refractivity contribution >= 4 is 29.2 Å². The second-order valence-electron chi connectivity index (χ2n) is 4.39. The van der Waals surface area contributed by atoms with Gasteiger partial charge in [0.2, 0.25) is 5.91 Å². The molecule has 0 aliphatic rings. The van der Waals surface area contributed by atoms with E-state index in [4.69, 9.17) is 16.7 Å². The van der Waals surface area contributed by atoms with Crippen molar-refractivity contribution in [2.24, 2.45) is 0 Å². The summed E-state index contributed by atoms with van der Waals surface area (Å²) in [5, 5.41) is 9.44. The Labute approximate surface area is 126 Å². The van der Waals surface area contributed by atoms with Gasteiger partial charge < -0.3 is 10.0 Å². The summed E-state index contributed by atoms with van der Waals surface area (Å²) in [6.07, 6.45) is 3.27. The van der Waals surface area contributed by atoms with Crippen LogP contribution in [0.25, 0.3) is 0 Å². The lowest BCUT2D eigenvalue weighted by Crippen LogP contribution is -2.36. The summed E-state index contributed by atoms with van der Waals surface area (Å²) < 4.78 is 0. The van der Waals surface area contributed by atoms with E-state index < -0.39 is 12.5 Å². The minimum absolute atomic E-state index is 0.0995. The second kappa shape index (κ2) is 6.85. The average molecular weight is 305 g/mol. The number of carbonyl (C=O) groups is 2. The number of carboxylic acids is 1. The summed E-state index contributed by atoms with van der Waals surface area (Å²) in [6.45, 7) is -0.412. The van der Waals surface area contributed by atoms with Gasteiger partial charge in [-0.15, -0.1) is 0 Å². The van der Waals surface area contributed by atoms with Crippen LogP contribution < -0.4 is 4.90 Å². The number of hydrogen-bond acceptors (Lipinski definition) is 3. The van der Waals surface area contributed by atoms with E-state index in [9.17, 15) is 9.59 Å². The van der Waals surface area contributed by atoms with Crippen LogP contribution >= 0.6 is 11.6 Å². The molecule has 0 aliphatic heterocycles. The first-order valence-corrected chi connectivity index (χ1v) is 6.60. The molecule has 0 radical (unpaired) electrons. The third-order valence-electron chi connectivity index (χ3n) is 2.82. The third-order valence-corrected chi connectivity index (χ3v) is 3.05. The van der Waals surface area contributed by atoms with Crippen LogP contribution in [0, 0.1) is 0 Å². The van der Waals surface area contributed by atoms with Crippen molar-refractivity contribution in [1.29, 1.82) is 0 Å². The molecule has 0 aliphatic carbocycles. The number of aromatic nitrogens is 1. The molecule has 2 aromatic rings. The number of pyridine rings is 1. The molecule has 0 fully saturated rings.